The van der Waals surface area contributed by atoms with E-state index >= 15 is 0 Å². The van der Waals surface area contributed by atoms with Crippen LogP contribution in [-0.4, -0.2) is 29.4 Å². The van der Waals surface area contributed by atoms with E-state index in [4.69, 9.17) is 0 Å². The monoisotopic (exact) mass is 304 g/mol. The molecule has 0 aromatic rings. The van der Waals surface area contributed by atoms with Crippen molar-refractivity contribution in [1.29, 1.82) is 0 Å². The molecule has 2 N–H and O–H groups in total. The van der Waals surface area contributed by atoms with Gasteiger partial charge in [0.15, 0.2) is 0 Å². The number of hydrogen-bond acceptors (Lipinski definition) is 3. The van der Waals surface area contributed by atoms with Gasteiger partial charge in [0.2, 0.25) is 0 Å². The third-order valence-corrected chi connectivity index (χ3v) is 6.51. The van der Waals surface area contributed by atoms with E-state index in [0.29, 0.717) is 25.2 Å². The average molecular weight is 304 g/mol. The van der Waals surface area contributed by atoms with E-state index in [9.17, 15) is 18.1 Å². The van der Waals surface area contributed by atoms with E-state index in [1.54, 1.807) is 0 Å². The molecule has 2 saturated carbocycles. The highest BCUT2D eigenvalue weighted by Crippen LogP contribution is 2.38. The van der Waals surface area contributed by atoms with Crippen LogP contribution in [0.5, 0.6) is 0 Å². The standard InChI is InChI=1S/C15H28O4S/c16-15-10-9-13(20(17,18)19)11-14(15)12-7-5-3-1-2-4-6-8-12/h12-16H,1-11H2,(H,17,18,19). The first-order valence-electron chi connectivity index (χ1n) is 8.13. The predicted molar refractivity (Wildman–Crippen MR) is 79.1 cm³/mol. The number of rotatable bonds is 2. The highest BCUT2D eigenvalue weighted by Gasteiger charge is 2.38. The summed E-state index contributed by atoms with van der Waals surface area (Å²) in [5.41, 5.74) is 0. The quantitative estimate of drug-likeness (QED) is 0.768. The van der Waals surface area contributed by atoms with Crippen molar-refractivity contribution < 1.29 is 18.1 Å². The largest absolute Gasteiger partial charge is 0.393 e. The Balaban J connectivity index is 2.02. The van der Waals surface area contributed by atoms with Gasteiger partial charge in [-0.2, -0.15) is 8.42 Å². The summed E-state index contributed by atoms with van der Waals surface area (Å²) in [7, 11) is -3.96. The summed E-state index contributed by atoms with van der Waals surface area (Å²) in [6.45, 7) is 0. The zero-order valence-electron chi connectivity index (χ0n) is 12.2. The predicted octanol–water partition coefficient (Wildman–Crippen LogP) is 3.15. The van der Waals surface area contributed by atoms with Gasteiger partial charge in [-0.1, -0.05) is 51.4 Å². The fourth-order valence-electron chi connectivity index (χ4n) is 4.02. The van der Waals surface area contributed by atoms with Crippen molar-refractivity contribution in [2.75, 3.05) is 0 Å². The smallest absolute Gasteiger partial charge is 0.267 e. The van der Waals surface area contributed by atoms with Gasteiger partial charge < -0.3 is 5.11 Å². The lowest BCUT2D eigenvalue weighted by molar-refractivity contribution is 0.0310. The van der Waals surface area contributed by atoms with Gasteiger partial charge >= 0.3 is 0 Å². The Kier molecular flexibility index (Phi) is 5.87. The lowest BCUT2D eigenvalue weighted by Crippen LogP contribution is -2.39. The van der Waals surface area contributed by atoms with Crippen LogP contribution >= 0.6 is 0 Å². The normalized spacial score (nSPS) is 35.0. The number of hydrogen-bond donors (Lipinski definition) is 2. The molecule has 0 spiro atoms. The Morgan fingerprint density at radius 1 is 0.800 bits per heavy atom. The van der Waals surface area contributed by atoms with Crippen LogP contribution < -0.4 is 0 Å². The van der Waals surface area contributed by atoms with Crippen LogP contribution in [-0.2, 0) is 10.1 Å². The van der Waals surface area contributed by atoms with Crippen LogP contribution in [0.1, 0.15) is 70.6 Å². The first-order valence-corrected chi connectivity index (χ1v) is 9.63. The molecule has 2 rings (SSSR count). The molecule has 0 heterocycles. The Morgan fingerprint density at radius 3 is 1.90 bits per heavy atom. The van der Waals surface area contributed by atoms with E-state index in [0.717, 1.165) is 12.8 Å². The molecule has 0 aromatic carbocycles. The van der Waals surface area contributed by atoms with Gasteiger partial charge in [-0.05, 0) is 31.1 Å². The minimum atomic E-state index is -3.96. The minimum Gasteiger partial charge on any atom is -0.393 e. The van der Waals surface area contributed by atoms with E-state index in [1.165, 1.54) is 38.5 Å². The Bertz CT molecular complexity index is 383. The van der Waals surface area contributed by atoms with E-state index in [2.05, 4.69) is 0 Å². The van der Waals surface area contributed by atoms with Crippen LogP contribution in [0.3, 0.4) is 0 Å². The van der Waals surface area contributed by atoms with Gasteiger partial charge in [0.05, 0.1) is 11.4 Å². The maximum atomic E-state index is 11.4. The lowest BCUT2D eigenvalue weighted by atomic mass is 9.74. The first-order chi connectivity index (χ1) is 9.48. The first kappa shape index (κ1) is 16.2. The molecule has 0 saturated heterocycles. The van der Waals surface area contributed by atoms with E-state index in [1.807, 2.05) is 0 Å². The molecule has 4 nitrogen and oxygen atoms in total. The van der Waals surface area contributed by atoms with Crippen LogP contribution in [0.15, 0.2) is 0 Å². The maximum absolute atomic E-state index is 11.4. The van der Waals surface area contributed by atoms with Crippen LogP contribution in [0.25, 0.3) is 0 Å². The van der Waals surface area contributed by atoms with Crippen molar-refractivity contribution in [3.05, 3.63) is 0 Å². The second-order valence-corrected chi connectivity index (χ2v) is 8.34. The van der Waals surface area contributed by atoms with Gasteiger partial charge in [-0.25, -0.2) is 0 Å². The third kappa shape index (κ3) is 4.43. The summed E-state index contributed by atoms with van der Waals surface area (Å²) >= 11 is 0. The Hall–Kier alpha value is -0.130. The molecular formula is C15H28O4S. The van der Waals surface area contributed by atoms with Gasteiger partial charge in [-0.15, -0.1) is 0 Å². The highest BCUT2D eigenvalue weighted by molar-refractivity contribution is 7.86. The number of aliphatic hydroxyl groups excluding tert-OH is 1. The van der Waals surface area contributed by atoms with Gasteiger partial charge in [0, 0.05) is 0 Å². The van der Waals surface area contributed by atoms with Crippen molar-refractivity contribution in [3.63, 3.8) is 0 Å². The summed E-state index contributed by atoms with van der Waals surface area (Å²) in [5, 5.41) is 9.60. The molecule has 118 valence electrons. The Labute approximate surface area is 122 Å². The lowest BCUT2D eigenvalue weighted by Gasteiger charge is -2.37. The molecule has 3 unspecified atom stereocenters. The van der Waals surface area contributed by atoms with E-state index < -0.39 is 21.5 Å². The van der Waals surface area contributed by atoms with Crippen LogP contribution in [0, 0.1) is 11.8 Å². The average Bonchev–Trinajstić information content (AvgIpc) is 2.51. The number of aliphatic hydroxyl groups is 1. The van der Waals surface area contributed by atoms with Gasteiger partial charge in [0.1, 0.15) is 0 Å². The van der Waals surface area contributed by atoms with Crippen molar-refractivity contribution >= 4 is 10.1 Å². The third-order valence-electron chi connectivity index (χ3n) is 5.24. The zero-order chi connectivity index (χ0) is 14.6. The molecule has 3 atom stereocenters. The fraction of sp³-hybridized carbons (Fsp3) is 1.00. The zero-order valence-corrected chi connectivity index (χ0v) is 13.0. The molecule has 0 bridgehead atoms. The molecule has 2 aliphatic rings. The molecule has 0 aromatic heterocycles. The topological polar surface area (TPSA) is 74.6 Å². The summed E-state index contributed by atoms with van der Waals surface area (Å²) in [5.74, 6) is 0.474. The molecular weight excluding hydrogens is 276 g/mol. The second-order valence-electron chi connectivity index (χ2n) is 6.64. The van der Waals surface area contributed by atoms with Gasteiger partial charge in [-0.3, -0.25) is 4.55 Å². The fourth-order valence-corrected chi connectivity index (χ4v) is 4.92. The second kappa shape index (κ2) is 7.23. The van der Waals surface area contributed by atoms with Crippen LogP contribution in [0.4, 0.5) is 0 Å². The molecule has 0 radical (unpaired) electrons. The van der Waals surface area contributed by atoms with Crippen molar-refractivity contribution in [3.8, 4) is 0 Å². The van der Waals surface area contributed by atoms with E-state index in [-0.39, 0.29) is 5.92 Å². The molecule has 2 fully saturated rings. The molecule has 0 aliphatic heterocycles. The SMILES string of the molecule is O=S(=O)(O)C1CCC(O)C(C2CCCCCCCC2)C1. The summed E-state index contributed by atoms with van der Waals surface area (Å²) in [6, 6.07) is 0. The molecule has 20 heavy (non-hydrogen) atoms. The molecule has 2 aliphatic carbocycles. The minimum absolute atomic E-state index is 0.0498. The van der Waals surface area contributed by atoms with Gasteiger partial charge in [0.25, 0.3) is 10.1 Å². The summed E-state index contributed by atoms with van der Waals surface area (Å²) < 4.78 is 32.0. The summed E-state index contributed by atoms with van der Waals surface area (Å²) in [4.78, 5) is 0. The van der Waals surface area contributed by atoms with Crippen molar-refractivity contribution in [1.82, 2.24) is 0 Å². The Morgan fingerprint density at radius 2 is 1.35 bits per heavy atom. The highest BCUT2D eigenvalue weighted by atomic mass is 32.2. The van der Waals surface area contributed by atoms with Crippen molar-refractivity contribution in [2.45, 2.75) is 82.0 Å². The maximum Gasteiger partial charge on any atom is 0.267 e. The van der Waals surface area contributed by atoms with Crippen LogP contribution in [0.2, 0.25) is 0 Å². The molecule has 5 heteroatoms. The summed E-state index contributed by atoms with van der Waals surface area (Å²) in [6.07, 6.45) is 10.6. The van der Waals surface area contributed by atoms with Crippen molar-refractivity contribution in [2.24, 2.45) is 11.8 Å². The molecule has 0 amide bonds.